The number of halogens is 1. The van der Waals surface area contributed by atoms with Gasteiger partial charge in [0.1, 0.15) is 6.07 Å². The third-order valence-corrected chi connectivity index (χ3v) is 2.18. The van der Waals surface area contributed by atoms with Gasteiger partial charge in [0.05, 0.1) is 27.7 Å². The first-order chi connectivity index (χ1) is 8.01. The van der Waals surface area contributed by atoms with Crippen molar-refractivity contribution in [3.05, 3.63) is 38.4 Å². The lowest BCUT2D eigenvalue weighted by molar-refractivity contribution is -0.384. The SMILES string of the molecule is CCOC(=O)c1c(Cl)cc([N+](=O)[O-])cc1C#N. The molecule has 0 fully saturated rings. The molecule has 1 rings (SSSR count). The zero-order valence-electron chi connectivity index (χ0n) is 8.77. The molecular formula is C10H7ClN2O4. The predicted octanol–water partition coefficient (Wildman–Crippen LogP) is 2.30. The number of nitro groups is 1. The van der Waals surface area contributed by atoms with E-state index in [0.717, 1.165) is 12.1 Å². The van der Waals surface area contributed by atoms with Crippen LogP contribution in [0.3, 0.4) is 0 Å². The smallest absolute Gasteiger partial charge is 0.341 e. The number of hydrogen-bond acceptors (Lipinski definition) is 5. The zero-order valence-corrected chi connectivity index (χ0v) is 9.52. The molecule has 7 heteroatoms. The van der Waals surface area contributed by atoms with E-state index in [1.165, 1.54) is 0 Å². The van der Waals surface area contributed by atoms with Gasteiger partial charge in [-0.3, -0.25) is 10.1 Å². The van der Waals surface area contributed by atoms with Crippen LogP contribution in [0.4, 0.5) is 5.69 Å². The standard InChI is InChI=1S/C10H7ClN2O4/c1-2-17-10(14)9-6(5-12)3-7(13(15)16)4-8(9)11/h3-4H,2H2,1H3. The van der Waals surface area contributed by atoms with Crippen molar-refractivity contribution in [3.63, 3.8) is 0 Å². The summed E-state index contributed by atoms with van der Waals surface area (Å²) in [4.78, 5) is 21.4. The molecule has 1 aromatic carbocycles. The Kier molecular flexibility index (Phi) is 4.01. The van der Waals surface area contributed by atoms with Crippen LogP contribution in [0.15, 0.2) is 12.1 Å². The molecule has 0 unspecified atom stereocenters. The molecule has 0 amide bonds. The molecule has 0 saturated heterocycles. The van der Waals surface area contributed by atoms with Crippen LogP contribution >= 0.6 is 11.6 Å². The number of hydrogen-bond donors (Lipinski definition) is 0. The maximum Gasteiger partial charge on any atom is 0.341 e. The molecule has 0 spiro atoms. The van der Waals surface area contributed by atoms with E-state index >= 15 is 0 Å². The van der Waals surface area contributed by atoms with Crippen LogP contribution in [0.25, 0.3) is 0 Å². The second-order valence-corrected chi connectivity index (χ2v) is 3.35. The topological polar surface area (TPSA) is 93.2 Å². The molecule has 0 aliphatic heterocycles. The Morgan fingerprint density at radius 3 is 2.76 bits per heavy atom. The number of ether oxygens (including phenoxy) is 1. The number of rotatable bonds is 3. The highest BCUT2D eigenvalue weighted by Crippen LogP contribution is 2.27. The quantitative estimate of drug-likeness (QED) is 0.469. The van der Waals surface area contributed by atoms with Crippen molar-refractivity contribution in [2.24, 2.45) is 0 Å². The van der Waals surface area contributed by atoms with E-state index in [0.29, 0.717) is 0 Å². The number of carbonyl (C=O) groups excluding carboxylic acids is 1. The number of nitro benzene ring substituents is 1. The minimum Gasteiger partial charge on any atom is -0.462 e. The number of nitriles is 1. The predicted molar refractivity (Wildman–Crippen MR) is 58.8 cm³/mol. The summed E-state index contributed by atoms with van der Waals surface area (Å²) in [7, 11) is 0. The Hall–Kier alpha value is -2.13. The van der Waals surface area contributed by atoms with Crippen molar-refractivity contribution in [3.8, 4) is 6.07 Å². The summed E-state index contributed by atoms with van der Waals surface area (Å²) in [6.45, 7) is 1.72. The van der Waals surface area contributed by atoms with Crippen LogP contribution < -0.4 is 0 Å². The molecule has 0 radical (unpaired) electrons. The molecule has 0 bridgehead atoms. The van der Waals surface area contributed by atoms with Gasteiger partial charge in [-0.25, -0.2) is 4.79 Å². The van der Waals surface area contributed by atoms with E-state index in [4.69, 9.17) is 21.6 Å². The van der Waals surface area contributed by atoms with Crippen molar-refractivity contribution in [2.45, 2.75) is 6.92 Å². The van der Waals surface area contributed by atoms with Gasteiger partial charge in [0.25, 0.3) is 5.69 Å². The molecule has 0 aliphatic rings. The molecule has 0 aliphatic carbocycles. The number of esters is 1. The van der Waals surface area contributed by atoms with Gasteiger partial charge in [-0.1, -0.05) is 11.6 Å². The van der Waals surface area contributed by atoms with Gasteiger partial charge in [0.15, 0.2) is 0 Å². The fourth-order valence-corrected chi connectivity index (χ4v) is 1.49. The van der Waals surface area contributed by atoms with E-state index in [9.17, 15) is 14.9 Å². The summed E-state index contributed by atoms with van der Waals surface area (Å²) in [5, 5.41) is 19.2. The minimum absolute atomic E-state index is 0.122. The highest BCUT2D eigenvalue weighted by molar-refractivity contribution is 6.34. The van der Waals surface area contributed by atoms with Crippen LogP contribution in [0.1, 0.15) is 22.8 Å². The van der Waals surface area contributed by atoms with Gasteiger partial charge >= 0.3 is 5.97 Å². The van der Waals surface area contributed by atoms with Crippen LogP contribution in [-0.2, 0) is 4.74 Å². The summed E-state index contributed by atoms with van der Waals surface area (Å²) in [6, 6.07) is 3.67. The molecule has 0 atom stereocenters. The number of non-ortho nitro benzene ring substituents is 1. The first-order valence-electron chi connectivity index (χ1n) is 4.56. The fourth-order valence-electron chi connectivity index (χ4n) is 1.20. The van der Waals surface area contributed by atoms with E-state index in [1.54, 1.807) is 13.0 Å². The Bertz CT molecular complexity index is 522. The van der Waals surface area contributed by atoms with Crippen LogP contribution in [0.2, 0.25) is 5.02 Å². The van der Waals surface area contributed by atoms with Gasteiger partial charge in [0.2, 0.25) is 0 Å². The molecule has 0 N–H and O–H groups in total. The molecule has 0 heterocycles. The average molecular weight is 255 g/mol. The Labute approximate surface area is 102 Å². The van der Waals surface area contributed by atoms with Gasteiger partial charge in [-0.2, -0.15) is 5.26 Å². The van der Waals surface area contributed by atoms with E-state index in [-0.39, 0.29) is 28.4 Å². The second kappa shape index (κ2) is 5.27. The summed E-state index contributed by atoms with van der Waals surface area (Å²) in [6.07, 6.45) is 0. The largest absolute Gasteiger partial charge is 0.462 e. The van der Waals surface area contributed by atoms with E-state index < -0.39 is 10.9 Å². The number of carbonyl (C=O) groups is 1. The van der Waals surface area contributed by atoms with Crippen molar-refractivity contribution >= 4 is 23.3 Å². The summed E-state index contributed by atoms with van der Waals surface area (Å²) < 4.78 is 4.71. The first kappa shape index (κ1) is 12.9. The molecule has 0 aromatic heterocycles. The van der Waals surface area contributed by atoms with Crippen molar-refractivity contribution in [2.75, 3.05) is 6.61 Å². The fraction of sp³-hybridized carbons (Fsp3) is 0.200. The van der Waals surface area contributed by atoms with Gasteiger partial charge < -0.3 is 4.74 Å². The lowest BCUT2D eigenvalue weighted by atomic mass is 10.1. The van der Waals surface area contributed by atoms with Gasteiger partial charge in [0, 0.05) is 12.1 Å². The first-order valence-corrected chi connectivity index (χ1v) is 4.94. The maximum absolute atomic E-state index is 11.5. The molecular weight excluding hydrogens is 248 g/mol. The summed E-state index contributed by atoms with van der Waals surface area (Å²) in [5.41, 5.74) is -0.677. The number of nitrogens with zero attached hydrogens (tertiary/aromatic N) is 2. The maximum atomic E-state index is 11.5. The average Bonchev–Trinajstić information content (AvgIpc) is 2.27. The van der Waals surface area contributed by atoms with E-state index in [1.807, 2.05) is 0 Å². The second-order valence-electron chi connectivity index (χ2n) is 2.94. The van der Waals surface area contributed by atoms with Crippen molar-refractivity contribution < 1.29 is 14.5 Å². The van der Waals surface area contributed by atoms with Crippen molar-refractivity contribution in [1.29, 1.82) is 5.26 Å². The summed E-state index contributed by atoms with van der Waals surface area (Å²) in [5.74, 6) is -0.774. The molecule has 17 heavy (non-hydrogen) atoms. The molecule has 6 nitrogen and oxygen atoms in total. The molecule has 88 valence electrons. The highest BCUT2D eigenvalue weighted by Gasteiger charge is 2.21. The third kappa shape index (κ3) is 2.71. The Morgan fingerprint density at radius 1 is 1.65 bits per heavy atom. The van der Waals surface area contributed by atoms with Crippen LogP contribution in [-0.4, -0.2) is 17.5 Å². The number of benzene rings is 1. The van der Waals surface area contributed by atoms with Crippen LogP contribution in [0.5, 0.6) is 0 Å². The molecule has 1 aromatic rings. The lowest BCUT2D eigenvalue weighted by Gasteiger charge is -2.05. The van der Waals surface area contributed by atoms with Crippen LogP contribution in [0, 0.1) is 21.4 Å². The zero-order chi connectivity index (χ0) is 13.0. The lowest BCUT2D eigenvalue weighted by Crippen LogP contribution is -2.08. The summed E-state index contributed by atoms with van der Waals surface area (Å²) >= 11 is 5.73. The Balaban J connectivity index is 3.37. The monoisotopic (exact) mass is 254 g/mol. The van der Waals surface area contributed by atoms with Crippen molar-refractivity contribution in [1.82, 2.24) is 0 Å². The molecule has 0 saturated carbocycles. The third-order valence-electron chi connectivity index (χ3n) is 1.89. The normalized spacial score (nSPS) is 9.47. The van der Waals surface area contributed by atoms with Gasteiger partial charge in [-0.05, 0) is 6.92 Å². The highest BCUT2D eigenvalue weighted by atomic mass is 35.5. The van der Waals surface area contributed by atoms with E-state index in [2.05, 4.69) is 0 Å². The Morgan fingerprint density at radius 2 is 2.29 bits per heavy atom. The minimum atomic E-state index is -0.774. The van der Waals surface area contributed by atoms with Gasteiger partial charge in [-0.15, -0.1) is 0 Å².